The quantitative estimate of drug-likeness (QED) is 0.120. The minimum atomic E-state index is -1.57. The van der Waals surface area contributed by atoms with E-state index in [1.54, 1.807) is 6.20 Å². The highest BCUT2D eigenvalue weighted by Gasteiger charge is 2.23. The van der Waals surface area contributed by atoms with Crippen LogP contribution in [0.4, 0.5) is 17.6 Å². The van der Waals surface area contributed by atoms with Crippen LogP contribution < -0.4 is 10.1 Å². The molecule has 0 aliphatic carbocycles. The minimum Gasteiger partial charge on any atom is -0.483 e. The largest absolute Gasteiger partial charge is 0.483 e. The molecular formula is C28H30F4N4O. The molecule has 2 N–H and O–H groups in total. The number of rotatable bonds is 12. The first-order valence-corrected chi connectivity index (χ1v) is 12.3. The van der Waals surface area contributed by atoms with Gasteiger partial charge < -0.3 is 10.1 Å². The van der Waals surface area contributed by atoms with E-state index in [4.69, 9.17) is 4.74 Å². The Kier molecular flexibility index (Phi) is 8.33. The lowest BCUT2D eigenvalue weighted by molar-refractivity contribution is 0.277. The van der Waals surface area contributed by atoms with Crippen molar-refractivity contribution in [1.82, 2.24) is 20.1 Å². The number of hydrogen-bond acceptors (Lipinski definition) is 3. The van der Waals surface area contributed by atoms with Gasteiger partial charge in [0.25, 0.3) is 0 Å². The molecule has 2 aromatic heterocycles. The first kappa shape index (κ1) is 26.5. The number of nitrogens with zero attached hydrogens (tertiary/aromatic N) is 2. The van der Waals surface area contributed by atoms with Gasteiger partial charge in [-0.1, -0.05) is 38.5 Å². The van der Waals surface area contributed by atoms with Crippen molar-refractivity contribution < 1.29 is 22.3 Å². The summed E-state index contributed by atoms with van der Waals surface area (Å²) >= 11 is 0. The molecule has 37 heavy (non-hydrogen) atoms. The van der Waals surface area contributed by atoms with Crippen molar-refractivity contribution in [3.05, 3.63) is 95.5 Å². The van der Waals surface area contributed by atoms with Crippen LogP contribution in [0.3, 0.4) is 0 Å². The molecule has 0 radical (unpaired) electrons. The van der Waals surface area contributed by atoms with E-state index in [2.05, 4.69) is 35.0 Å². The second-order valence-electron chi connectivity index (χ2n) is 9.14. The lowest BCUT2D eigenvalue weighted by Gasteiger charge is -2.29. The van der Waals surface area contributed by atoms with E-state index in [0.29, 0.717) is 18.5 Å². The summed E-state index contributed by atoms with van der Waals surface area (Å²) in [6.45, 7) is 8.49. The molecule has 0 fully saturated rings. The molecule has 0 bridgehead atoms. The topological polar surface area (TPSA) is 54.9 Å². The number of ether oxygens (including phenoxy) is 1. The number of fused-ring (bicyclic) bond motifs is 1. The lowest BCUT2D eigenvalue weighted by atomic mass is 10.0. The van der Waals surface area contributed by atoms with Crippen LogP contribution in [0.2, 0.25) is 0 Å². The molecule has 4 rings (SSSR count). The molecule has 0 saturated heterocycles. The molecule has 0 amide bonds. The zero-order valence-electron chi connectivity index (χ0n) is 20.8. The molecule has 196 valence electrons. The number of aromatic amines is 1. The first-order chi connectivity index (χ1) is 17.8. The lowest BCUT2D eigenvalue weighted by Crippen LogP contribution is -2.28. The number of benzene rings is 2. The summed E-state index contributed by atoms with van der Waals surface area (Å²) in [4.78, 5) is 4.34. The van der Waals surface area contributed by atoms with Crippen LogP contribution in [0.15, 0.2) is 60.9 Å². The Bertz CT molecular complexity index is 1340. The zero-order valence-corrected chi connectivity index (χ0v) is 20.8. The summed E-state index contributed by atoms with van der Waals surface area (Å²) in [6, 6.07) is 10.1. The maximum Gasteiger partial charge on any atom is 0.203 e. The standard InChI is InChI=1S/C28H30F4N4O/c1-4-5-8-25(17(2)16-37-28-26(31)21(29)13-22(30)27(28)32)36-15-24(35-36)18(3)34-14-19-9-10-23-20(12-19)7-6-11-33-23/h6-7,9-13,15,18,25,34-35H,2,4-5,8,14,16H2,1,3H3. The smallest absolute Gasteiger partial charge is 0.203 e. The number of aromatic nitrogens is 3. The monoisotopic (exact) mass is 514 g/mol. The Balaban J connectivity index is 1.38. The van der Waals surface area contributed by atoms with Gasteiger partial charge in [0.2, 0.25) is 11.6 Å². The Morgan fingerprint density at radius 1 is 1.14 bits per heavy atom. The summed E-state index contributed by atoms with van der Waals surface area (Å²) in [5, 5.41) is 7.88. The highest BCUT2D eigenvalue weighted by molar-refractivity contribution is 5.78. The maximum atomic E-state index is 14.0. The second-order valence-corrected chi connectivity index (χ2v) is 9.14. The van der Waals surface area contributed by atoms with E-state index >= 15 is 0 Å². The Labute approximate surface area is 213 Å². The van der Waals surface area contributed by atoms with Gasteiger partial charge in [-0.2, -0.15) is 8.78 Å². The van der Waals surface area contributed by atoms with E-state index < -0.39 is 29.0 Å². The molecule has 2 unspecified atom stereocenters. The van der Waals surface area contributed by atoms with Crippen molar-refractivity contribution in [3.63, 3.8) is 0 Å². The van der Waals surface area contributed by atoms with E-state index in [9.17, 15) is 17.6 Å². The van der Waals surface area contributed by atoms with Gasteiger partial charge in [0, 0.05) is 36.4 Å². The Morgan fingerprint density at radius 2 is 1.86 bits per heavy atom. The molecule has 0 saturated carbocycles. The fourth-order valence-electron chi connectivity index (χ4n) is 4.16. The van der Waals surface area contributed by atoms with Crippen LogP contribution in [0, 0.1) is 23.3 Å². The molecular weight excluding hydrogens is 484 g/mol. The van der Waals surface area contributed by atoms with Gasteiger partial charge in [-0.15, -0.1) is 0 Å². The van der Waals surface area contributed by atoms with Gasteiger partial charge in [-0.25, -0.2) is 8.78 Å². The number of nitrogens with one attached hydrogen (secondary N) is 2. The third-order valence-electron chi connectivity index (χ3n) is 6.39. The van der Waals surface area contributed by atoms with Gasteiger partial charge >= 0.3 is 0 Å². The molecule has 4 aromatic rings. The fraction of sp³-hybridized carbons (Fsp3) is 0.321. The highest BCUT2D eigenvalue weighted by Crippen LogP contribution is 2.30. The van der Waals surface area contributed by atoms with Gasteiger partial charge in [0.1, 0.15) is 6.61 Å². The number of H-pyrrole nitrogens is 1. The molecule has 5 nitrogen and oxygen atoms in total. The molecule has 2 atom stereocenters. The van der Waals surface area contributed by atoms with Crippen LogP contribution in [-0.4, -0.2) is 21.4 Å². The summed E-state index contributed by atoms with van der Waals surface area (Å²) in [6.07, 6.45) is 6.26. The van der Waals surface area contributed by atoms with Crippen molar-refractivity contribution in [2.75, 3.05) is 6.61 Å². The summed E-state index contributed by atoms with van der Waals surface area (Å²) in [7, 11) is 0. The molecule has 9 heteroatoms. The van der Waals surface area contributed by atoms with E-state index in [1.165, 1.54) is 0 Å². The third-order valence-corrected chi connectivity index (χ3v) is 6.39. The Morgan fingerprint density at radius 3 is 2.57 bits per heavy atom. The van der Waals surface area contributed by atoms with Crippen molar-refractivity contribution in [2.45, 2.75) is 51.7 Å². The van der Waals surface area contributed by atoms with E-state index in [-0.39, 0.29) is 24.8 Å². The van der Waals surface area contributed by atoms with Crippen LogP contribution in [0.25, 0.3) is 10.9 Å². The summed E-state index contributed by atoms with van der Waals surface area (Å²) in [5.74, 6) is -7.24. The zero-order chi connectivity index (χ0) is 26.5. The van der Waals surface area contributed by atoms with Gasteiger partial charge in [0.05, 0.1) is 17.3 Å². The molecule has 0 aliphatic rings. The second kappa shape index (κ2) is 11.6. The number of pyridine rings is 1. The van der Waals surface area contributed by atoms with Crippen LogP contribution in [0.1, 0.15) is 56.5 Å². The molecule has 2 heterocycles. The van der Waals surface area contributed by atoms with Gasteiger partial charge in [0.15, 0.2) is 17.4 Å². The molecule has 2 aromatic carbocycles. The van der Waals surface area contributed by atoms with E-state index in [1.807, 2.05) is 42.1 Å². The van der Waals surface area contributed by atoms with Crippen molar-refractivity contribution in [3.8, 4) is 5.75 Å². The maximum absolute atomic E-state index is 14.0. The number of unbranched alkanes of at least 4 members (excludes halogenated alkanes) is 1. The average Bonchev–Trinajstić information content (AvgIpc) is 2.87. The van der Waals surface area contributed by atoms with Gasteiger partial charge in [-0.05, 0) is 42.7 Å². The summed E-state index contributed by atoms with van der Waals surface area (Å²) in [5.41, 5.74) is 3.59. The predicted octanol–water partition coefficient (Wildman–Crippen LogP) is 7.14. The van der Waals surface area contributed by atoms with Crippen molar-refractivity contribution in [2.24, 2.45) is 0 Å². The molecule has 0 spiro atoms. The predicted molar refractivity (Wildman–Crippen MR) is 135 cm³/mol. The summed E-state index contributed by atoms with van der Waals surface area (Å²) < 4.78 is 61.9. The highest BCUT2D eigenvalue weighted by atomic mass is 19.2. The Hall–Kier alpha value is -3.59. The van der Waals surface area contributed by atoms with Crippen LogP contribution in [-0.2, 0) is 6.54 Å². The average molecular weight is 515 g/mol. The van der Waals surface area contributed by atoms with Crippen molar-refractivity contribution in [1.29, 1.82) is 0 Å². The number of hydrogen-bond donors (Lipinski definition) is 2. The molecule has 0 aliphatic heterocycles. The SMILES string of the molecule is C=C(COc1c(F)c(F)cc(F)c1F)C(CCCC)n1cc(C(C)NCc2ccc3ncccc3c2)[nH]1. The van der Waals surface area contributed by atoms with Gasteiger partial charge in [-0.3, -0.25) is 14.8 Å². The first-order valence-electron chi connectivity index (χ1n) is 12.3. The normalized spacial score (nSPS) is 13.1. The number of halogens is 4. The fourth-order valence-corrected chi connectivity index (χ4v) is 4.16. The van der Waals surface area contributed by atoms with Crippen LogP contribution >= 0.6 is 0 Å². The van der Waals surface area contributed by atoms with Crippen molar-refractivity contribution >= 4 is 10.9 Å². The van der Waals surface area contributed by atoms with E-state index in [0.717, 1.165) is 35.0 Å². The minimum absolute atomic E-state index is 0.0376. The van der Waals surface area contributed by atoms with Crippen LogP contribution in [0.5, 0.6) is 5.75 Å². The third kappa shape index (κ3) is 6.05.